The summed E-state index contributed by atoms with van der Waals surface area (Å²) in [5.74, 6) is 1.69. The Morgan fingerprint density at radius 2 is 2.06 bits per heavy atom. The second-order valence-corrected chi connectivity index (χ2v) is 5.07. The number of rotatable bonds is 4. The molecular weight excluding hydrogens is 282 g/mol. The molecule has 0 aromatic heterocycles. The standard InChI is InChI=1S/C13H16BrNO2/c1-10(14)8-15-9-11-3-4-12-13(7-11)17-6-2-5-16-12/h3-4,7,15H,1-2,5-6,8-9H2. The molecule has 1 aromatic carbocycles. The fraction of sp³-hybridized carbons (Fsp3) is 0.385. The van der Waals surface area contributed by atoms with Gasteiger partial charge in [-0.15, -0.1) is 0 Å². The Morgan fingerprint density at radius 1 is 1.29 bits per heavy atom. The normalized spacial score (nSPS) is 14.2. The average Bonchev–Trinajstić information content (AvgIpc) is 2.53. The molecule has 0 amide bonds. The third-order valence-corrected chi connectivity index (χ3v) is 2.74. The molecule has 0 atom stereocenters. The second kappa shape index (κ2) is 6.07. The zero-order valence-corrected chi connectivity index (χ0v) is 11.3. The van der Waals surface area contributed by atoms with Crippen molar-refractivity contribution in [3.63, 3.8) is 0 Å². The van der Waals surface area contributed by atoms with Gasteiger partial charge in [-0.3, -0.25) is 0 Å². The largest absolute Gasteiger partial charge is 0.490 e. The quantitative estimate of drug-likeness (QED) is 0.927. The van der Waals surface area contributed by atoms with E-state index in [-0.39, 0.29) is 0 Å². The van der Waals surface area contributed by atoms with Crippen molar-refractivity contribution in [1.29, 1.82) is 0 Å². The average molecular weight is 298 g/mol. The van der Waals surface area contributed by atoms with E-state index >= 15 is 0 Å². The molecule has 2 rings (SSSR count). The van der Waals surface area contributed by atoms with Gasteiger partial charge in [-0.1, -0.05) is 28.6 Å². The number of ether oxygens (including phenoxy) is 2. The van der Waals surface area contributed by atoms with Crippen molar-refractivity contribution in [2.75, 3.05) is 19.8 Å². The van der Waals surface area contributed by atoms with Gasteiger partial charge in [0.05, 0.1) is 13.2 Å². The van der Waals surface area contributed by atoms with Crippen molar-refractivity contribution in [3.8, 4) is 11.5 Å². The molecule has 1 N–H and O–H groups in total. The van der Waals surface area contributed by atoms with Crippen LogP contribution < -0.4 is 14.8 Å². The lowest BCUT2D eigenvalue weighted by Crippen LogP contribution is -2.14. The second-order valence-electron chi connectivity index (χ2n) is 3.95. The molecule has 1 aliphatic heterocycles. The van der Waals surface area contributed by atoms with E-state index in [0.29, 0.717) is 0 Å². The van der Waals surface area contributed by atoms with E-state index in [2.05, 4.69) is 33.9 Å². The Labute approximate surface area is 110 Å². The molecule has 0 aliphatic carbocycles. The van der Waals surface area contributed by atoms with Gasteiger partial charge in [-0.05, 0) is 17.7 Å². The maximum absolute atomic E-state index is 5.64. The van der Waals surface area contributed by atoms with Gasteiger partial charge in [-0.2, -0.15) is 0 Å². The summed E-state index contributed by atoms with van der Waals surface area (Å²) in [4.78, 5) is 0. The van der Waals surface area contributed by atoms with Gasteiger partial charge in [0, 0.05) is 24.0 Å². The molecule has 92 valence electrons. The van der Waals surface area contributed by atoms with Crippen molar-refractivity contribution in [3.05, 3.63) is 34.8 Å². The molecule has 0 unspecified atom stereocenters. The number of hydrogen-bond acceptors (Lipinski definition) is 3. The van der Waals surface area contributed by atoms with Crippen LogP contribution in [0.2, 0.25) is 0 Å². The molecule has 0 fully saturated rings. The monoisotopic (exact) mass is 297 g/mol. The number of nitrogens with one attached hydrogen (secondary N) is 1. The minimum atomic E-state index is 0.724. The molecule has 0 bridgehead atoms. The summed E-state index contributed by atoms with van der Waals surface area (Å²) in [7, 11) is 0. The first kappa shape index (κ1) is 12.5. The minimum Gasteiger partial charge on any atom is -0.490 e. The molecule has 0 saturated carbocycles. The van der Waals surface area contributed by atoms with Gasteiger partial charge in [0.1, 0.15) is 0 Å². The van der Waals surface area contributed by atoms with Crippen molar-refractivity contribution in [2.24, 2.45) is 0 Å². The maximum Gasteiger partial charge on any atom is 0.161 e. The Hall–Kier alpha value is -1.00. The highest BCUT2D eigenvalue weighted by atomic mass is 79.9. The summed E-state index contributed by atoms with van der Waals surface area (Å²) in [6.45, 7) is 6.78. The van der Waals surface area contributed by atoms with E-state index < -0.39 is 0 Å². The Bertz CT molecular complexity index is 406. The summed E-state index contributed by atoms with van der Waals surface area (Å²) in [5.41, 5.74) is 1.18. The van der Waals surface area contributed by atoms with Crippen molar-refractivity contribution < 1.29 is 9.47 Å². The van der Waals surface area contributed by atoms with Crippen LogP contribution in [0, 0.1) is 0 Å². The smallest absolute Gasteiger partial charge is 0.161 e. The molecule has 1 aromatic rings. The fourth-order valence-electron chi connectivity index (χ4n) is 1.66. The number of fused-ring (bicyclic) bond motifs is 1. The predicted molar refractivity (Wildman–Crippen MR) is 71.8 cm³/mol. The highest BCUT2D eigenvalue weighted by Crippen LogP contribution is 2.30. The Balaban J connectivity index is 1.99. The predicted octanol–water partition coefficient (Wildman–Crippen LogP) is 2.85. The van der Waals surface area contributed by atoms with E-state index in [1.807, 2.05) is 12.1 Å². The third kappa shape index (κ3) is 3.75. The fourth-order valence-corrected chi connectivity index (χ4v) is 1.86. The molecule has 0 radical (unpaired) electrons. The van der Waals surface area contributed by atoms with Gasteiger partial charge < -0.3 is 14.8 Å². The Kier molecular flexibility index (Phi) is 4.45. The van der Waals surface area contributed by atoms with E-state index in [4.69, 9.17) is 9.47 Å². The van der Waals surface area contributed by atoms with Crippen LogP contribution in [0.15, 0.2) is 29.3 Å². The first-order chi connectivity index (χ1) is 8.25. The van der Waals surface area contributed by atoms with Crippen LogP contribution in [-0.4, -0.2) is 19.8 Å². The van der Waals surface area contributed by atoms with Crippen LogP contribution in [0.5, 0.6) is 11.5 Å². The third-order valence-electron chi connectivity index (χ3n) is 2.46. The summed E-state index contributed by atoms with van der Waals surface area (Å²) >= 11 is 3.32. The van der Waals surface area contributed by atoms with Gasteiger partial charge >= 0.3 is 0 Å². The van der Waals surface area contributed by atoms with Crippen molar-refractivity contribution >= 4 is 15.9 Å². The van der Waals surface area contributed by atoms with E-state index in [1.54, 1.807) is 0 Å². The van der Waals surface area contributed by atoms with Gasteiger partial charge in [0.15, 0.2) is 11.5 Å². The Morgan fingerprint density at radius 3 is 2.82 bits per heavy atom. The highest BCUT2D eigenvalue weighted by Gasteiger charge is 2.10. The lowest BCUT2D eigenvalue weighted by Gasteiger charge is -2.09. The van der Waals surface area contributed by atoms with Crippen LogP contribution in [-0.2, 0) is 6.54 Å². The molecule has 4 heteroatoms. The summed E-state index contributed by atoms with van der Waals surface area (Å²) in [6.07, 6.45) is 0.936. The molecule has 1 heterocycles. The SMILES string of the molecule is C=C(Br)CNCc1ccc2c(c1)OCCCO2. The van der Waals surface area contributed by atoms with Crippen LogP contribution in [0.3, 0.4) is 0 Å². The lowest BCUT2D eigenvalue weighted by molar-refractivity contribution is 0.297. The minimum absolute atomic E-state index is 0.724. The summed E-state index contributed by atoms with van der Waals surface area (Å²) in [5, 5.41) is 3.28. The van der Waals surface area contributed by atoms with E-state index in [0.717, 1.165) is 48.7 Å². The zero-order chi connectivity index (χ0) is 12.1. The molecule has 3 nitrogen and oxygen atoms in total. The van der Waals surface area contributed by atoms with Crippen LogP contribution >= 0.6 is 15.9 Å². The van der Waals surface area contributed by atoms with E-state index in [9.17, 15) is 0 Å². The first-order valence-electron chi connectivity index (χ1n) is 5.68. The molecular formula is C13H16BrNO2. The van der Waals surface area contributed by atoms with Crippen molar-refractivity contribution in [2.45, 2.75) is 13.0 Å². The van der Waals surface area contributed by atoms with Gasteiger partial charge in [-0.25, -0.2) is 0 Å². The first-order valence-corrected chi connectivity index (χ1v) is 6.47. The lowest BCUT2D eigenvalue weighted by atomic mass is 10.2. The van der Waals surface area contributed by atoms with Crippen LogP contribution in [0.4, 0.5) is 0 Å². The zero-order valence-electron chi connectivity index (χ0n) is 9.67. The topological polar surface area (TPSA) is 30.5 Å². The van der Waals surface area contributed by atoms with Gasteiger partial charge in [0.25, 0.3) is 0 Å². The van der Waals surface area contributed by atoms with Crippen molar-refractivity contribution in [1.82, 2.24) is 5.32 Å². The van der Waals surface area contributed by atoms with Crippen LogP contribution in [0.25, 0.3) is 0 Å². The number of benzene rings is 1. The highest BCUT2D eigenvalue weighted by molar-refractivity contribution is 9.11. The molecule has 0 spiro atoms. The molecule has 17 heavy (non-hydrogen) atoms. The van der Waals surface area contributed by atoms with Crippen LogP contribution in [0.1, 0.15) is 12.0 Å². The molecule has 0 saturated heterocycles. The number of halogens is 1. The summed E-state index contributed by atoms with van der Waals surface area (Å²) < 4.78 is 12.2. The molecule has 1 aliphatic rings. The van der Waals surface area contributed by atoms with Gasteiger partial charge in [0.2, 0.25) is 0 Å². The maximum atomic E-state index is 5.64. The number of hydrogen-bond donors (Lipinski definition) is 1. The summed E-state index contributed by atoms with van der Waals surface area (Å²) in [6, 6.07) is 6.06. The van der Waals surface area contributed by atoms with E-state index in [1.165, 1.54) is 5.56 Å².